The maximum atomic E-state index is 8.61. The van der Waals surface area contributed by atoms with Gasteiger partial charge in [-0.05, 0) is 30.9 Å². The molecule has 1 aliphatic rings. The van der Waals surface area contributed by atoms with Gasteiger partial charge in [-0.25, -0.2) is 0 Å². The molecule has 1 aliphatic heterocycles. The maximum Gasteiger partial charge on any atom is 0.0843 e. The van der Waals surface area contributed by atoms with Gasteiger partial charge in [0.15, 0.2) is 0 Å². The Labute approximate surface area is 109 Å². The van der Waals surface area contributed by atoms with E-state index in [9.17, 15) is 0 Å². The Bertz CT molecular complexity index is 448. The number of para-hydroxylation sites is 1. The Balaban J connectivity index is 2.12. The van der Waals surface area contributed by atoms with E-state index in [1.807, 2.05) is 0 Å². The summed E-state index contributed by atoms with van der Waals surface area (Å²) in [6, 6.07) is 9.15. The van der Waals surface area contributed by atoms with Gasteiger partial charge in [-0.3, -0.25) is 5.32 Å². The fourth-order valence-electron chi connectivity index (χ4n) is 2.78. The fraction of sp³-hybridized carbons (Fsp3) is 0.533. The minimum Gasteiger partial charge on any atom is -0.369 e. The number of benzene rings is 1. The highest BCUT2D eigenvalue weighted by molar-refractivity contribution is 5.60. The summed E-state index contributed by atoms with van der Waals surface area (Å²) in [6.45, 7) is 6.94. The molecule has 18 heavy (non-hydrogen) atoms. The molecule has 1 aromatic carbocycles. The lowest BCUT2D eigenvalue weighted by molar-refractivity contribution is 0.591. The highest BCUT2D eigenvalue weighted by Crippen LogP contribution is 2.28. The Morgan fingerprint density at radius 1 is 1.50 bits per heavy atom. The summed E-state index contributed by atoms with van der Waals surface area (Å²) < 4.78 is 0. The SMILES string of the molecule is CCc1cccc(C)c1N1CCC(NCC#N)C1. The van der Waals surface area contributed by atoms with Gasteiger partial charge in [-0.1, -0.05) is 25.1 Å². The molecule has 0 saturated carbocycles. The Hall–Kier alpha value is -1.53. The second-order valence-corrected chi connectivity index (χ2v) is 4.91. The van der Waals surface area contributed by atoms with Crippen LogP contribution in [0.3, 0.4) is 0 Å². The lowest BCUT2D eigenvalue weighted by Crippen LogP contribution is -2.33. The zero-order chi connectivity index (χ0) is 13.0. The minimum atomic E-state index is 0.451. The van der Waals surface area contributed by atoms with E-state index >= 15 is 0 Å². The Morgan fingerprint density at radius 3 is 3.06 bits per heavy atom. The molecule has 0 aromatic heterocycles. The van der Waals surface area contributed by atoms with Crippen LogP contribution in [0.4, 0.5) is 5.69 Å². The van der Waals surface area contributed by atoms with Crippen molar-refractivity contribution in [3.05, 3.63) is 29.3 Å². The van der Waals surface area contributed by atoms with Gasteiger partial charge in [0, 0.05) is 24.8 Å². The molecule has 1 aromatic rings. The van der Waals surface area contributed by atoms with Gasteiger partial charge in [-0.15, -0.1) is 0 Å². The largest absolute Gasteiger partial charge is 0.369 e. The third kappa shape index (κ3) is 2.65. The van der Waals surface area contributed by atoms with Gasteiger partial charge in [0.1, 0.15) is 0 Å². The van der Waals surface area contributed by atoms with Gasteiger partial charge in [-0.2, -0.15) is 5.26 Å². The number of anilines is 1. The molecule has 1 heterocycles. The highest BCUT2D eigenvalue weighted by atomic mass is 15.2. The predicted molar refractivity (Wildman–Crippen MR) is 74.8 cm³/mol. The van der Waals surface area contributed by atoms with Crippen LogP contribution in [-0.2, 0) is 6.42 Å². The van der Waals surface area contributed by atoms with Gasteiger partial charge >= 0.3 is 0 Å². The fourth-order valence-corrected chi connectivity index (χ4v) is 2.78. The summed E-state index contributed by atoms with van der Waals surface area (Å²) >= 11 is 0. The molecule has 1 unspecified atom stereocenters. The number of rotatable bonds is 4. The average Bonchev–Trinajstić information content (AvgIpc) is 2.84. The first kappa shape index (κ1) is 12.9. The van der Waals surface area contributed by atoms with E-state index in [1.165, 1.54) is 16.8 Å². The molecule has 1 fully saturated rings. The van der Waals surface area contributed by atoms with Gasteiger partial charge in [0.05, 0.1) is 12.6 Å². The molecule has 0 amide bonds. The molecule has 0 aliphatic carbocycles. The van der Waals surface area contributed by atoms with E-state index in [4.69, 9.17) is 5.26 Å². The van der Waals surface area contributed by atoms with Gasteiger partial charge in [0.25, 0.3) is 0 Å². The van der Waals surface area contributed by atoms with Crippen molar-refractivity contribution in [2.45, 2.75) is 32.7 Å². The highest BCUT2D eigenvalue weighted by Gasteiger charge is 2.24. The number of aryl methyl sites for hydroxylation is 2. The summed E-state index contributed by atoms with van der Waals surface area (Å²) in [6.07, 6.45) is 2.20. The first-order chi connectivity index (χ1) is 8.76. The van der Waals surface area contributed by atoms with Crippen LogP contribution in [0, 0.1) is 18.3 Å². The minimum absolute atomic E-state index is 0.451. The molecule has 1 N–H and O–H groups in total. The van der Waals surface area contributed by atoms with Crippen LogP contribution < -0.4 is 10.2 Å². The first-order valence-electron chi connectivity index (χ1n) is 6.70. The number of nitriles is 1. The zero-order valence-corrected chi connectivity index (χ0v) is 11.2. The summed E-state index contributed by atoms with van der Waals surface area (Å²) in [5.74, 6) is 0. The standard InChI is InChI=1S/C15H21N3/c1-3-13-6-4-5-12(2)15(13)18-10-7-14(11-18)17-9-8-16/h4-6,14,17H,3,7,9-11H2,1-2H3. The van der Waals surface area contributed by atoms with Crippen molar-refractivity contribution in [1.82, 2.24) is 5.32 Å². The summed E-state index contributed by atoms with van der Waals surface area (Å²) in [5.41, 5.74) is 4.19. The van der Waals surface area contributed by atoms with Crippen molar-refractivity contribution >= 4 is 5.69 Å². The molecular formula is C15H21N3. The van der Waals surface area contributed by atoms with Crippen molar-refractivity contribution < 1.29 is 0 Å². The summed E-state index contributed by atoms with van der Waals surface area (Å²) in [7, 11) is 0. The number of nitrogens with zero attached hydrogens (tertiary/aromatic N) is 2. The monoisotopic (exact) mass is 243 g/mol. The number of hydrogen-bond acceptors (Lipinski definition) is 3. The van der Waals surface area contributed by atoms with Crippen molar-refractivity contribution in [2.24, 2.45) is 0 Å². The second-order valence-electron chi connectivity index (χ2n) is 4.91. The molecule has 3 heteroatoms. The van der Waals surface area contributed by atoms with E-state index < -0.39 is 0 Å². The maximum absolute atomic E-state index is 8.61. The molecule has 3 nitrogen and oxygen atoms in total. The number of hydrogen-bond donors (Lipinski definition) is 1. The van der Waals surface area contributed by atoms with Crippen molar-refractivity contribution in [3.63, 3.8) is 0 Å². The molecule has 2 rings (SSSR count). The smallest absolute Gasteiger partial charge is 0.0843 e. The van der Waals surface area contributed by atoms with Crippen LogP contribution in [0.1, 0.15) is 24.5 Å². The molecule has 0 bridgehead atoms. The first-order valence-corrected chi connectivity index (χ1v) is 6.70. The third-order valence-corrected chi connectivity index (χ3v) is 3.68. The molecule has 96 valence electrons. The predicted octanol–water partition coefficient (Wildman–Crippen LogP) is 2.25. The lowest BCUT2D eigenvalue weighted by atomic mass is 10.0. The summed E-state index contributed by atoms with van der Waals surface area (Å²) in [5, 5.41) is 11.9. The van der Waals surface area contributed by atoms with Gasteiger partial charge in [0.2, 0.25) is 0 Å². The molecule has 0 spiro atoms. The Kier molecular flexibility index (Phi) is 4.22. The van der Waals surface area contributed by atoms with Crippen molar-refractivity contribution in [2.75, 3.05) is 24.5 Å². The van der Waals surface area contributed by atoms with Crippen LogP contribution in [0.5, 0.6) is 0 Å². The van der Waals surface area contributed by atoms with Crippen LogP contribution in [0.2, 0.25) is 0 Å². The van der Waals surface area contributed by atoms with E-state index in [0.29, 0.717) is 12.6 Å². The van der Waals surface area contributed by atoms with E-state index in [1.54, 1.807) is 0 Å². The van der Waals surface area contributed by atoms with Gasteiger partial charge < -0.3 is 4.90 Å². The average molecular weight is 243 g/mol. The van der Waals surface area contributed by atoms with Crippen molar-refractivity contribution in [1.29, 1.82) is 5.26 Å². The molecule has 0 radical (unpaired) electrons. The summed E-state index contributed by atoms with van der Waals surface area (Å²) in [4.78, 5) is 2.46. The molecular weight excluding hydrogens is 222 g/mol. The molecule has 1 saturated heterocycles. The van der Waals surface area contributed by atoms with Crippen LogP contribution in [-0.4, -0.2) is 25.7 Å². The lowest BCUT2D eigenvalue weighted by Gasteiger charge is -2.24. The number of nitrogens with one attached hydrogen (secondary N) is 1. The van der Waals surface area contributed by atoms with E-state index in [-0.39, 0.29) is 0 Å². The van der Waals surface area contributed by atoms with Crippen LogP contribution in [0.15, 0.2) is 18.2 Å². The second kappa shape index (κ2) is 5.88. The zero-order valence-electron chi connectivity index (χ0n) is 11.2. The van der Waals surface area contributed by atoms with Crippen LogP contribution in [0.25, 0.3) is 0 Å². The third-order valence-electron chi connectivity index (χ3n) is 3.68. The quantitative estimate of drug-likeness (QED) is 0.824. The van der Waals surface area contributed by atoms with E-state index in [2.05, 4.69) is 48.3 Å². The normalized spacial score (nSPS) is 18.9. The topological polar surface area (TPSA) is 39.1 Å². The van der Waals surface area contributed by atoms with Crippen molar-refractivity contribution in [3.8, 4) is 6.07 Å². The van der Waals surface area contributed by atoms with Crippen LogP contribution >= 0.6 is 0 Å². The van der Waals surface area contributed by atoms with E-state index in [0.717, 1.165) is 25.9 Å². The molecule has 1 atom stereocenters. The Morgan fingerprint density at radius 2 is 2.33 bits per heavy atom.